The number of carbonyl (C=O) groups excluding carboxylic acids is 1. The summed E-state index contributed by atoms with van der Waals surface area (Å²) in [4.78, 5) is 55.3. The maximum Gasteiger partial charge on any atom is 0.433 e. The standard InChI is InChI=1S/C12H13N7O4.C11H8F3N3/c1-6-15-8(23-16-6)4-19-11(21)9-10(17(2)12(19)22)14-5-18(9)3-7(13)20;1-7-4-8(9-6-15-2-3-16-9)5-17-10(7)11(12,13)14/h5H,3-4H2,1-2H3,(H2,13,20);2-6H,1H3. The fraction of sp³-hybridized carbons (Fsp3) is 0.261. The number of primary amides is 1. The molecule has 14 nitrogen and oxygen atoms in total. The highest BCUT2D eigenvalue weighted by Crippen LogP contribution is 2.31. The van der Waals surface area contributed by atoms with Crippen molar-refractivity contribution in [2.75, 3.05) is 0 Å². The first-order chi connectivity index (χ1) is 18.9. The Morgan fingerprint density at radius 3 is 2.42 bits per heavy atom. The van der Waals surface area contributed by atoms with Gasteiger partial charge in [0.2, 0.25) is 11.8 Å². The summed E-state index contributed by atoms with van der Waals surface area (Å²) < 4.78 is 45.9. The van der Waals surface area contributed by atoms with Gasteiger partial charge in [-0.05, 0) is 25.5 Å². The highest BCUT2D eigenvalue weighted by molar-refractivity contribution is 5.77. The van der Waals surface area contributed by atoms with Crippen LogP contribution in [0, 0.1) is 13.8 Å². The van der Waals surface area contributed by atoms with E-state index >= 15 is 0 Å². The van der Waals surface area contributed by atoms with E-state index in [1.165, 1.54) is 54.1 Å². The van der Waals surface area contributed by atoms with E-state index in [9.17, 15) is 27.6 Å². The molecule has 0 spiro atoms. The largest absolute Gasteiger partial charge is 0.433 e. The Balaban J connectivity index is 0.000000194. The van der Waals surface area contributed by atoms with Crippen LogP contribution in [0.25, 0.3) is 22.4 Å². The smallest absolute Gasteiger partial charge is 0.368 e. The third kappa shape index (κ3) is 5.77. The number of alkyl halides is 3. The van der Waals surface area contributed by atoms with Crippen LogP contribution in [-0.4, -0.2) is 49.7 Å². The van der Waals surface area contributed by atoms with Crippen LogP contribution in [0.2, 0.25) is 0 Å². The third-order valence-corrected chi connectivity index (χ3v) is 5.50. The zero-order valence-corrected chi connectivity index (χ0v) is 21.2. The van der Waals surface area contributed by atoms with Crippen LogP contribution in [0.4, 0.5) is 13.2 Å². The number of pyridine rings is 1. The van der Waals surface area contributed by atoms with Crippen molar-refractivity contribution in [3.05, 3.63) is 81.0 Å². The molecule has 0 aliphatic heterocycles. The van der Waals surface area contributed by atoms with E-state index in [4.69, 9.17) is 10.3 Å². The number of amides is 1. The van der Waals surface area contributed by atoms with Gasteiger partial charge in [-0.2, -0.15) is 18.2 Å². The summed E-state index contributed by atoms with van der Waals surface area (Å²) in [5, 5.41) is 3.61. The van der Waals surface area contributed by atoms with Crippen LogP contribution in [-0.2, 0) is 31.1 Å². The Bertz CT molecular complexity index is 1810. The quantitative estimate of drug-likeness (QED) is 0.326. The lowest BCUT2D eigenvalue weighted by Gasteiger charge is -2.09. The van der Waals surface area contributed by atoms with Crippen molar-refractivity contribution < 1.29 is 22.5 Å². The number of imidazole rings is 1. The second-order valence-corrected chi connectivity index (χ2v) is 8.46. The molecule has 5 heterocycles. The summed E-state index contributed by atoms with van der Waals surface area (Å²) in [7, 11) is 1.47. The lowest BCUT2D eigenvalue weighted by atomic mass is 10.1. The monoisotopic (exact) mass is 558 g/mol. The van der Waals surface area contributed by atoms with Gasteiger partial charge in [0.15, 0.2) is 17.0 Å². The van der Waals surface area contributed by atoms with Crippen molar-refractivity contribution in [2.45, 2.75) is 33.1 Å². The van der Waals surface area contributed by atoms with Crippen LogP contribution in [0.15, 0.2) is 51.3 Å². The maximum atomic E-state index is 12.6. The van der Waals surface area contributed by atoms with Gasteiger partial charge in [0.05, 0.1) is 18.2 Å². The Labute approximate surface area is 222 Å². The van der Waals surface area contributed by atoms with Crippen molar-refractivity contribution in [3.8, 4) is 11.3 Å². The number of fused-ring (bicyclic) bond motifs is 1. The van der Waals surface area contributed by atoms with E-state index in [2.05, 4.69) is 30.1 Å². The number of carbonyl (C=O) groups is 1. The minimum Gasteiger partial charge on any atom is -0.368 e. The topological polar surface area (TPSA) is 182 Å². The molecule has 0 unspecified atom stereocenters. The fourth-order valence-electron chi connectivity index (χ4n) is 3.75. The molecule has 5 aromatic rings. The predicted octanol–water partition coefficient (Wildman–Crippen LogP) is 0.988. The van der Waals surface area contributed by atoms with E-state index in [1.54, 1.807) is 6.92 Å². The van der Waals surface area contributed by atoms with E-state index in [0.29, 0.717) is 17.1 Å². The number of nitrogens with two attached hydrogens (primary N) is 1. The first-order valence-corrected chi connectivity index (χ1v) is 11.4. The van der Waals surface area contributed by atoms with Gasteiger partial charge in [0.25, 0.3) is 5.56 Å². The summed E-state index contributed by atoms with van der Waals surface area (Å²) in [5.74, 6) is -0.108. The number of aryl methyl sites for hydroxylation is 3. The molecular weight excluding hydrogens is 537 g/mol. The molecule has 0 aliphatic carbocycles. The molecule has 40 heavy (non-hydrogen) atoms. The molecule has 0 aromatic carbocycles. The van der Waals surface area contributed by atoms with Crippen molar-refractivity contribution in [1.82, 2.24) is 43.8 Å². The van der Waals surface area contributed by atoms with Crippen LogP contribution >= 0.6 is 0 Å². The Morgan fingerprint density at radius 1 is 1.10 bits per heavy atom. The highest BCUT2D eigenvalue weighted by atomic mass is 19.4. The van der Waals surface area contributed by atoms with Gasteiger partial charge in [-0.1, -0.05) is 5.16 Å². The normalized spacial score (nSPS) is 11.3. The Hall–Kier alpha value is -5.22. The second kappa shape index (κ2) is 10.9. The van der Waals surface area contributed by atoms with Crippen LogP contribution < -0.4 is 17.0 Å². The van der Waals surface area contributed by atoms with Gasteiger partial charge in [-0.3, -0.25) is 29.1 Å². The number of nitrogens with zero attached hydrogens (tertiary/aromatic N) is 9. The maximum absolute atomic E-state index is 12.6. The number of hydrogen-bond donors (Lipinski definition) is 1. The molecule has 0 saturated heterocycles. The molecule has 5 aromatic heterocycles. The van der Waals surface area contributed by atoms with Crippen molar-refractivity contribution in [1.29, 1.82) is 0 Å². The van der Waals surface area contributed by atoms with E-state index in [-0.39, 0.29) is 35.7 Å². The predicted molar refractivity (Wildman–Crippen MR) is 132 cm³/mol. The number of halogens is 3. The summed E-state index contributed by atoms with van der Waals surface area (Å²) >= 11 is 0. The lowest BCUT2D eigenvalue weighted by Crippen LogP contribution is -2.40. The van der Waals surface area contributed by atoms with Crippen LogP contribution in [0.1, 0.15) is 23.0 Å². The van der Waals surface area contributed by atoms with Crippen LogP contribution in [0.5, 0.6) is 0 Å². The fourth-order valence-corrected chi connectivity index (χ4v) is 3.75. The Morgan fingerprint density at radius 2 is 1.85 bits per heavy atom. The molecule has 0 radical (unpaired) electrons. The molecule has 208 valence electrons. The summed E-state index contributed by atoms with van der Waals surface area (Å²) in [6.07, 6.45) is 2.46. The van der Waals surface area contributed by atoms with Gasteiger partial charge in [0, 0.05) is 31.2 Å². The molecule has 5 rings (SSSR count). The van der Waals surface area contributed by atoms with Gasteiger partial charge >= 0.3 is 11.9 Å². The second-order valence-electron chi connectivity index (χ2n) is 8.46. The van der Waals surface area contributed by atoms with E-state index in [1.807, 2.05) is 0 Å². The number of aromatic nitrogens is 9. The first-order valence-electron chi connectivity index (χ1n) is 11.4. The van der Waals surface area contributed by atoms with E-state index in [0.717, 1.165) is 10.8 Å². The lowest BCUT2D eigenvalue weighted by molar-refractivity contribution is -0.141. The van der Waals surface area contributed by atoms with E-state index < -0.39 is 29.0 Å². The number of hydrogen-bond acceptors (Lipinski definition) is 10. The number of rotatable bonds is 5. The molecule has 1 amide bonds. The highest BCUT2D eigenvalue weighted by Gasteiger charge is 2.34. The van der Waals surface area contributed by atoms with Gasteiger partial charge < -0.3 is 14.8 Å². The van der Waals surface area contributed by atoms with Crippen molar-refractivity contribution in [2.24, 2.45) is 12.8 Å². The third-order valence-electron chi connectivity index (χ3n) is 5.50. The molecule has 2 N–H and O–H groups in total. The molecule has 0 fully saturated rings. The molecule has 0 aliphatic rings. The molecular formula is C23H21F3N10O4. The van der Waals surface area contributed by atoms with Gasteiger partial charge in [0.1, 0.15) is 18.8 Å². The summed E-state index contributed by atoms with van der Waals surface area (Å²) in [6, 6.07) is 1.40. The van der Waals surface area contributed by atoms with Gasteiger partial charge in [-0.25, -0.2) is 14.3 Å². The minimum atomic E-state index is -4.43. The zero-order valence-electron chi connectivity index (χ0n) is 21.2. The minimum absolute atomic E-state index is 0.0700. The SMILES string of the molecule is Cc1cc(-c2cnccn2)cnc1C(F)(F)F.Cc1noc(Cn2c(=O)c3c(ncn3CC(N)=O)n(C)c2=O)n1. The molecule has 0 atom stereocenters. The average molecular weight is 558 g/mol. The first kappa shape index (κ1) is 27.8. The average Bonchev–Trinajstić information content (AvgIpc) is 3.51. The molecule has 0 bridgehead atoms. The van der Waals surface area contributed by atoms with Crippen LogP contribution in [0.3, 0.4) is 0 Å². The summed E-state index contributed by atoms with van der Waals surface area (Å²) in [6.45, 7) is 2.60. The summed E-state index contributed by atoms with van der Waals surface area (Å²) in [5.41, 5.74) is 4.44. The molecule has 17 heteroatoms. The molecule has 0 saturated carbocycles. The van der Waals surface area contributed by atoms with Crippen molar-refractivity contribution >= 4 is 17.1 Å². The Kier molecular flexibility index (Phi) is 7.56. The zero-order chi connectivity index (χ0) is 29.2. The van der Waals surface area contributed by atoms with Crippen molar-refractivity contribution in [3.63, 3.8) is 0 Å². The van der Waals surface area contributed by atoms with Gasteiger partial charge in [-0.15, -0.1) is 0 Å².